The van der Waals surface area contributed by atoms with E-state index in [0.29, 0.717) is 17.8 Å². The quantitative estimate of drug-likeness (QED) is 0.622. The molecule has 1 fully saturated rings. The standard InChI is InChI=1S/C14H15ClN4O4S/c1-8-11(13(20)17-10-3-2-5-16-12(10)15)14(21)19(18-8)9-4-6-24(22,23)7-9/h2-3,5,9,11H,4,6-7H2,1H3,(H,17,20). The van der Waals surface area contributed by atoms with Gasteiger partial charge in [0.15, 0.2) is 20.9 Å². The van der Waals surface area contributed by atoms with Crippen LogP contribution < -0.4 is 5.32 Å². The second-order valence-corrected chi connectivity index (χ2v) is 8.33. The summed E-state index contributed by atoms with van der Waals surface area (Å²) in [4.78, 5) is 28.8. The molecule has 2 amide bonds. The van der Waals surface area contributed by atoms with E-state index in [0.717, 1.165) is 5.01 Å². The molecule has 1 aromatic rings. The number of halogens is 1. The number of anilines is 1. The third kappa shape index (κ3) is 3.13. The van der Waals surface area contributed by atoms with Gasteiger partial charge in [-0.25, -0.2) is 18.4 Å². The lowest BCUT2D eigenvalue weighted by molar-refractivity contribution is -0.137. The SMILES string of the molecule is CC1=NN(C2CCS(=O)(=O)C2)C(=O)C1C(=O)Nc1cccnc1Cl. The molecule has 2 aliphatic heterocycles. The zero-order valence-corrected chi connectivity index (χ0v) is 14.3. The summed E-state index contributed by atoms with van der Waals surface area (Å²) in [6.45, 7) is 1.57. The summed E-state index contributed by atoms with van der Waals surface area (Å²) in [5, 5.41) is 7.92. The maximum Gasteiger partial charge on any atom is 0.261 e. The number of aromatic nitrogens is 1. The molecule has 3 heterocycles. The van der Waals surface area contributed by atoms with E-state index in [1.807, 2.05) is 0 Å². The summed E-state index contributed by atoms with van der Waals surface area (Å²) in [6.07, 6.45) is 1.81. The summed E-state index contributed by atoms with van der Waals surface area (Å²) >= 11 is 5.89. The molecule has 0 saturated carbocycles. The third-order valence-corrected chi connectivity index (χ3v) is 6.04. The Morgan fingerprint density at radius 1 is 1.46 bits per heavy atom. The average Bonchev–Trinajstić information content (AvgIpc) is 3.00. The fourth-order valence-corrected chi connectivity index (χ4v) is 4.66. The van der Waals surface area contributed by atoms with Crippen molar-refractivity contribution in [3.8, 4) is 0 Å². The van der Waals surface area contributed by atoms with E-state index < -0.39 is 33.6 Å². The van der Waals surface area contributed by atoms with E-state index in [2.05, 4.69) is 15.4 Å². The van der Waals surface area contributed by atoms with Crippen LogP contribution in [0.1, 0.15) is 13.3 Å². The maximum atomic E-state index is 12.5. The number of hydrogen-bond donors (Lipinski definition) is 1. The van der Waals surface area contributed by atoms with Gasteiger partial charge in [0.05, 0.1) is 28.9 Å². The van der Waals surface area contributed by atoms with Gasteiger partial charge >= 0.3 is 0 Å². The Bertz CT molecular complexity index is 839. The number of hydrazone groups is 1. The van der Waals surface area contributed by atoms with Crippen molar-refractivity contribution in [1.82, 2.24) is 9.99 Å². The molecule has 3 rings (SSSR count). The first-order valence-corrected chi connectivity index (χ1v) is 9.48. The lowest BCUT2D eigenvalue weighted by atomic mass is 10.0. The second-order valence-electron chi connectivity index (χ2n) is 5.75. The molecule has 10 heteroatoms. The van der Waals surface area contributed by atoms with Crippen LogP contribution in [0.3, 0.4) is 0 Å². The van der Waals surface area contributed by atoms with Crippen LogP contribution in [0.2, 0.25) is 5.15 Å². The molecule has 2 atom stereocenters. The molecule has 0 aliphatic carbocycles. The van der Waals surface area contributed by atoms with Gasteiger partial charge < -0.3 is 5.32 Å². The largest absolute Gasteiger partial charge is 0.322 e. The minimum Gasteiger partial charge on any atom is -0.322 e. The first-order chi connectivity index (χ1) is 11.3. The van der Waals surface area contributed by atoms with Crippen molar-refractivity contribution >= 4 is 44.7 Å². The number of carbonyl (C=O) groups is 2. The van der Waals surface area contributed by atoms with Gasteiger partial charge in [0, 0.05) is 6.20 Å². The molecule has 0 radical (unpaired) electrons. The summed E-state index contributed by atoms with van der Waals surface area (Å²) in [5.41, 5.74) is 0.619. The van der Waals surface area contributed by atoms with Crippen LogP contribution in [0.15, 0.2) is 23.4 Å². The van der Waals surface area contributed by atoms with Crippen molar-refractivity contribution in [3.05, 3.63) is 23.5 Å². The Labute approximate surface area is 143 Å². The maximum absolute atomic E-state index is 12.5. The zero-order chi connectivity index (χ0) is 17.5. The van der Waals surface area contributed by atoms with Gasteiger partial charge in [-0.2, -0.15) is 5.10 Å². The number of rotatable bonds is 3. The van der Waals surface area contributed by atoms with Crippen LogP contribution in [0.5, 0.6) is 0 Å². The van der Waals surface area contributed by atoms with Crippen molar-refractivity contribution in [2.45, 2.75) is 19.4 Å². The molecule has 1 saturated heterocycles. The molecule has 2 unspecified atom stereocenters. The molecule has 8 nitrogen and oxygen atoms in total. The Kier molecular flexibility index (Phi) is 4.31. The van der Waals surface area contributed by atoms with Crippen LogP contribution in [-0.2, 0) is 19.4 Å². The molecule has 128 valence electrons. The monoisotopic (exact) mass is 370 g/mol. The summed E-state index contributed by atoms with van der Waals surface area (Å²) in [7, 11) is -3.16. The number of nitrogens with zero attached hydrogens (tertiary/aromatic N) is 3. The molecule has 2 aliphatic rings. The predicted molar refractivity (Wildman–Crippen MR) is 88.4 cm³/mol. The van der Waals surface area contributed by atoms with E-state index in [9.17, 15) is 18.0 Å². The van der Waals surface area contributed by atoms with Crippen molar-refractivity contribution < 1.29 is 18.0 Å². The Hall–Kier alpha value is -2.00. The van der Waals surface area contributed by atoms with Crippen LogP contribution in [0.25, 0.3) is 0 Å². The van der Waals surface area contributed by atoms with Gasteiger partial charge in [0.25, 0.3) is 5.91 Å². The smallest absolute Gasteiger partial charge is 0.261 e. The first kappa shape index (κ1) is 16.8. The highest BCUT2D eigenvalue weighted by Gasteiger charge is 2.44. The third-order valence-electron chi connectivity index (χ3n) is 3.99. The fraction of sp³-hybridized carbons (Fsp3) is 0.429. The highest BCUT2D eigenvalue weighted by Crippen LogP contribution is 2.26. The van der Waals surface area contributed by atoms with Crippen LogP contribution in [-0.4, -0.2) is 53.5 Å². The van der Waals surface area contributed by atoms with E-state index >= 15 is 0 Å². The van der Waals surface area contributed by atoms with Crippen molar-refractivity contribution in [2.24, 2.45) is 11.0 Å². The minimum absolute atomic E-state index is 0.0260. The minimum atomic E-state index is -3.16. The Morgan fingerprint density at radius 3 is 2.83 bits per heavy atom. The van der Waals surface area contributed by atoms with Crippen LogP contribution in [0, 0.1) is 5.92 Å². The summed E-state index contributed by atoms with van der Waals surface area (Å²) in [5.74, 6) is -2.28. The lowest BCUT2D eigenvalue weighted by Gasteiger charge is -2.19. The molecule has 1 aromatic heterocycles. The molecule has 1 N–H and O–H groups in total. The van der Waals surface area contributed by atoms with E-state index in [1.54, 1.807) is 19.1 Å². The summed E-state index contributed by atoms with van der Waals surface area (Å²) < 4.78 is 23.2. The van der Waals surface area contributed by atoms with Crippen molar-refractivity contribution in [2.75, 3.05) is 16.8 Å². The zero-order valence-electron chi connectivity index (χ0n) is 12.8. The van der Waals surface area contributed by atoms with Gasteiger partial charge in [-0.1, -0.05) is 11.6 Å². The number of nitrogens with one attached hydrogen (secondary N) is 1. The molecule has 0 spiro atoms. The molecular formula is C14H15ClN4O4S. The molecular weight excluding hydrogens is 356 g/mol. The van der Waals surface area contributed by atoms with Gasteiger partial charge in [-0.15, -0.1) is 0 Å². The lowest BCUT2D eigenvalue weighted by Crippen LogP contribution is -2.40. The van der Waals surface area contributed by atoms with E-state index in [4.69, 9.17) is 11.6 Å². The Balaban J connectivity index is 1.76. The predicted octanol–water partition coefficient (Wildman–Crippen LogP) is 0.695. The first-order valence-electron chi connectivity index (χ1n) is 7.28. The molecule has 0 bridgehead atoms. The van der Waals surface area contributed by atoms with Crippen molar-refractivity contribution in [3.63, 3.8) is 0 Å². The molecule has 24 heavy (non-hydrogen) atoms. The van der Waals surface area contributed by atoms with Crippen LogP contribution >= 0.6 is 11.6 Å². The normalized spacial score (nSPS) is 25.7. The van der Waals surface area contributed by atoms with E-state index in [-0.39, 0.29) is 16.7 Å². The van der Waals surface area contributed by atoms with Gasteiger partial charge in [-0.05, 0) is 25.5 Å². The number of amides is 2. The summed E-state index contributed by atoms with van der Waals surface area (Å²) in [6, 6.07) is 2.66. The van der Waals surface area contributed by atoms with Crippen LogP contribution in [0.4, 0.5) is 5.69 Å². The number of sulfone groups is 1. The second kappa shape index (κ2) is 6.14. The molecule has 0 aromatic carbocycles. The van der Waals surface area contributed by atoms with Gasteiger partial charge in [0.1, 0.15) is 0 Å². The van der Waals surface area contributed by atoms with Crippen molar-refractivity contribution in [1.29, 1.82) is 0 Å². The number of hydrogen-bond acceptors (Lipinski definition) is 6. The fourth-order valence-electron chi connectivity index (χ4n) is 2.80. The highest BCUT2D eigenvalue weighted by molar-refractivity contribution is 7.91. The topological polar surface area (TPSA) is 109 Å². The van der Waals surface area contributed by atoms with Gasteiger partial charge in [-0.3, -0.25) is 9.59 Å². The average molecular weight is 371 g/mol. The number of carbonyl (C=O) groups excluding carboxylic acids is 2. The number of pyridine rings is 1. The Morgan fingerprint density at radius 2 is 2.21 bits per heavy atom. The van der Waals surface area contributed by atoms with E-state index in [1.165, 1.54) is 6.20 Å². The highest BCUT2D eigenvalue weighted by atomic mass is 35.5. The van der Waals surface area contributed by atoms with Gasteiger partial charge in [0.2, 0.25) is 5.91 Å².